The van der Waals surface area contributed by atoms with Gasteiger partial charge in [0.15, 0.2) is 0 Å². The molecular formula is C11H16ClN3O. The molecule has 0 fully saturated rings. The van der Waals surface area contributed by atoms with Gasteiger partial charge in [-0.1, -0.05) is 23.8 Å². The van der Waals surface area contributed by atoms with Crippen LogP contribution in [0.3, 0.4) is 0 Å². The van der Waals surface area contributed by atoms with E-state index in [9.17, 15) is 4.79 Å². The normalized spacial score (nSPS) is 10.2. The van der Waals surface area contributed by atoms with Crippen molar-refractivity contribution < 1.29 is 4.79 Å². The maximum atomic E-state index is 11.9. The minimum Gasteiger partial charge on any atom is -0.337 e. The molecule has 4 nitrogen and oxygen atoms in total. The Bertz CT molecular complexity index is 386. The summed E-state index contributed by atoms with van der Waals surface area (Å²) in [6.07, 6.45) is 3.15. The lowest BCUT2D eigenvalue weighted by molar-refractivity contribution is -0.131. The van der Waals surface area contributed by atoms with E-state index in [2.05, 4.69) is 11.7 Å². The molecule has 0 saturated heterocycles. The Morgan fingerprint density at radius 3 is 2.81 bits per heavy atom. The van der Waals surface area contributed by atoms with E-state index < -0.39 is 0 Å². The average Bonchev–Trinajstić information content (AvgIpc) is 2.60. The summed E-state index contributed by atoms with van der Waals surface area (Å²) in [4.78, 5) is 13.6. The smallest absolute Gasteiger partial charge is 0.244 e. The maximum absolute atomic E-state index is 11.9. The van der Waals surface area contributed by atoms with Crippen molar-refractivity contribution in [3.8, 4) is 0 Å². The van der Waals surface area contributed by atoms with Gasteiger partial charge < -0.3 is 4.90 Å². The summed E-state index contributed by atoms with van der Waals surface area (Å²) >= 11 is 5.72. The van der Waals surface area contributed by atoms with Crippen molar-refractivity contribution >= 4 is 17.5 Å². The van der Waals surface area contributed by atoms with Crippen LogP contribution >= 0.6 is 11.6 Å². The molecule has 1 aromatic rings. The zero-order chi connectivity index (χ0) is 12.1. The van der Waals surface area contributed by atoms with E-state index in [-0.39, 0.29) is 12.5 Å². The summed E-state index contributed by atoms with van der Waals surface area (Å²) in [5.41, 5.74) is 0.966. The van der Waals surface area contributed by atoms with Crippen LogP contribution in [0.5, 0.6) is 0 Å². The Morgan fingerprint density at radius 1 is 1.69 bits per heavy atom. The number of carbonyl (C=O) groups is 1. The molecule has 16 heavy (non-hydrogen) atoms. The summed E-state index contributed by atoms with van der Waals surface area (Å²) in [7, 11) is 0. The highest BCUT2D eigenvalue weighted by Gasteiger charge is 2.12. The van der Waals surface area contributed by atoms with Gasteiger partial charge in [-0.3, -0.25) is 9.48 Å². The summed E-state index contributed by atoms with van der Waals surface area (Å²) in [5.74, 6) is 0.0188. The van der Waals surface area contributed by atoms with Crippen LogP contribution in [0.1, 0.15) is 13.8 Å². The molecule has 0 aliphatic heterocycles. The molecule has 0 atom stereocenters. The van der Waals surface area contributed by atoms with Crippen molar-refractivity contribution in [1.29, 1.82) is 0 Å². The standard InChI is InChI=1S/C11H16ClN3O/c1-4-14(6-9(2)3)11(16)8-15-7-10(12)5-13-15/h5,7H,2,4,6,8H2,1,3H3. The Labute approximate surface area is 100 Å². The highest BCUT2D eigenvalue weighted by Crippen LogP contribution is 2.05. The van der Waals surface area contributed by atoms with Crippen molar-refractivity contribution in [1.82, 2.24) is 14.7 Å². The van der Waals surface area contributed by atoms with Crippen molar-refractivity contribution in [2.75, 3.05) is 13.1 Å². The number of nitrogens with zero attached hydrogens (tertiary/aromatic N) is 3. The van der Waals surface area contributed by atoms with Crippen molar-refractivity contribution in [2.45, 2.75) is 20.4 Å². The predicted octanol–water partition coefficient (Wildman–Crippen LogP) is 1.96. The van der Waals surface area contributed by atoms with Crippen LogP contribution in [0.2, 0.25) is 5.02 Å². The van der Waals surface area contributed by atoms with E-state index in [1.807, 2.05) is 13.8 Å². The quantitative estimate of drug-likeness (QED) is 0.740. The van der Waals surface area contributed by atoms with Gasteiger partial charge >= 0.3 is 0 Å². The van der Waals surface area contributed by atoms with Crippen LogP contribution in [0.4, 0.5) is 0 Å². The Morgan fingerprint density at radius 2 is 2.38 bits per heavy atom. The molecule has 0 aromatic carbocycles. The number of halogens is 1. The third-order valence-corrected chi connectivity index (χ3v) is 2.29. The molecule has 0 saturated carbocycles. The number of hydrogen-bond acceptors (Lipinski definition) is 2. The first kappa shape index (κ1) is 12.8. The first-order valence-electron chi connectivity index (χ1n) is 5.13. The third-order valence-electron chi connectivity index (χ3n) is 2.09. The minimum atomic E-state index is 0.0188. The van der Waals surface area contributed by atoms with E-state index in [0.717, 1.165) is 5.57 Å². The van der Waals surface area contributed by atoms with E-state index in [0.29, 0.717) is 18.1 Å². The van der Waals surface area contributed by atoms with E-state index in [4.69, 9.17) is 11.6 Å². The van der Waals surface area contributed by atoms with Gasteiger partial charge in [-0.05, 0) is 13.8 Å². The molecule has 1 aromatic heterocycles. The SMILES string of the molecule is C=C(C)CN(CC)C(=O)Cn1cc(Cl)cn1. The molecule has 0 N–H and O–H groups in total. The van der Waals surface area contributed by atoms with E-state index in [1.165, 1.54) is 10.9 Å². The minimum absolute atomic E-state index is 0.0188. The second-order valence-electron chi connectivity index (χ2n) is 3.72. The van der Waals surface area contributed by atoms with Crippen molar-refractivity contribution in [3.63, 3.8) is 0 Å². The molecule has 88 valence electrons. The number of amides is 1. The lowest BCUT2D eigenvalue weighted by Gasteiger charge is -2.20. The molecular weight excluding hydrogens is 226 g/mol. The van der Waals surface area contributed by atoms with Crippen LogP contribution in [-0.2, 0) is 11.3 Å². The van der Waals surface area contributed by atoms with Crippen LogP contribution in [-0.4, -0.2) is 33.7 Å². The predicted molar refractivity (Wildman–Crippen MR) is 64.3 cm³/mol. The summed E-state index contributed by atoms with van der Waals surface area (Å²) < 4.78 is 1.53. The lowest BCUT2D eigenvalue weighted by atomic mass is 10.3. The molecule has 0 spiro atoms. The molecule has 1 rings (SSSR count). The van der Waals surface area contributed by atoms with Gasteiger partial charge in [-0.15, -0.1) is 0 Å². The number of hydrogen-bond donors (Lipinski definition) is 0. The van der Waals surface area contributed by atoms with E-state index >= 15 is 0 Å². The number of likely N-dealkylation sites (N-methyl/N-ethyl adjacent to an activating group) is 1. The largest absolute Gasteiger partial charge is 0.337 e. The monoisotopic (exact) mass is 241 g/mol. The third kappa shape index (κ3) is 3.70. The van der Waals surface area contributed by atoms with Gasteiger partial charge in [0.2, 0.25) is 5.91 Å². The van der Waals surface area contributed by atoms with Crippen LogP contribution in [0, 0.1) is 0 Å². The topological polar surface area (TPSA) is 38.1 Å². The van der Waals surface area contributed by atoms with Crippen molar-refractivity contribution in [2.24, 2.45) is 0 Å². The van der Waals surface area contributed by atoms with Gasteiger partial charge in [-0.25, -0.2) is 0 Å². The maximum Gasteiger partial charge on any atom is 0.244 e. The second kappa shape index (κ2) is 5.70. The van der Waals surface area contributed by atoms with Gasteiger partial charge in [0.25, 0.3) is 0 Å². The van der Waals surface area contributed by atoms with Gasteiger partial charge in [-0.2, -0.15) is 5.10 Å². The summed E-state index contributed by atoms with van der Waals surface area (Å²) in [6, 6.07) is 0. The van der Waals surface area contributed by atoms with Gasteiger partial charge in [0.1, 0.15) is 6.54 Å². The number of rotatable bonds is 5. The van der Waals surface area contributed by atoms with Gasteiger partial charge in [0.05, 0.1) is 11.2 Å². The molecule has 1 heterocycles. The van der Waals surface area contributed by atoms with Crippen LogP contribution in [0.15, 0.2) is 24.5 Å². The number of carbonyl (C=O) groups excluding carboxylic acids is 1. The zero-order valence-corrected chi connectivity index (χ0v) is 10.4. The van der Waals surface area contributed by atoms with Crippen molar-refractivity contribution in [3.05, 3.63) is 29.6 Å². The molecule has 0 radical (unpaired) electrons. The highest BCUT2D eigenvalue weighted by molar-refractivity contribution is 6.30. The van der Waals surface area contributed by atoms with Crippen LogP contribution < -0.4 is 0 Å². The Balaban J connectivity index is 2.59. The van der Waals surface area contributed by atoms with Gasteiger partial charge in [0, 0.05) is 19.3 Å². The molecule has 0 bridgehead atoms. The summed E-state index contributed by atoms with van der Waals surface area (Å²) in [5, 5.41) is 4.50. The molecule has 0 aliphatic rings. The first-order valence-corrected chi connectivity index (χ1v) is 5.50. The second-order valence-corrected chi connectivity index (χ2v) is 4.16. The highest BCUT2D eigenvalue weighted by atomic mass is 35.5. The fourth-order valence-corrected chi connectivity index (χ4v) is 1.52. The van der Waals surface area contributed by atoms with Crippen LogP contribution in [0.25, 0.3) is 0 Å². The average molecular weight is 242 g/mol. The molecule has 0 aliphatic carbocycles. The molecule has 0 unspecified atom stereocenters. The fraction of sp³-hybridized carbons (Fsp3) is 0.455. The Hall–Kier alpha value is -1.29. The molecule has 5 heteroatoms. The molecule has 1 amide bonds. The zero-order valence-electron chi connectivity index (χ0n) is 9.61. The first-order chi connectivity index (χ1) is 7.52. The van der Waals surface area contributed by atoms with E-state index in [1.54, 1.807) is 11.1 Å². The Kier molecular flexibility index (Phi) is 4.55. The number of aromatic nitrogens is 2. The lowest BCUT2D eigenvalue weighted by Crippen LogP contribution is -2.34. The fourth-order valence-electron chi connectivity index (χ4n) is 1.37. The summed E-state index contributed by atoms with van der Waals surface area (Å²) in [6.45, 7) is 9.11.